The van der Waals surface area contributed by atoms with Gasteiger partial charge in [0, 0.05) is 25.2 Å². The lowest BCUT2D eigenvalue weighted by Crippen LogP contribution is -2.59. The standard InChI is InChI=1S/C16H24N2O/c1-2-19-16-10-6-5-9-15(16)18-12-11-17-13-7-3-4-8-14(13)18/h5-6,9-10,13-14,17H,2-4,7-8,11-12H2,1H3/t13-,14+/m0/s1. The van der Waals surface area contributed by atoms with Crippen molar-refractivity contribution in [2.45, 2.75) is 44.7 Å². The van der Waals surface area contributed by atoms with Crippen LogP contribution >= 0.6 is 0 Å². The van der Waals surface area contributed by atoms with E-state index in [1.54, 1.807) is 0 Å². The minimum atomic E-state index is 0.643. The van der Waals surface area contributed by atoms with E-state index < -0.39 is 0 Å². The van der Waals surface area contributed by atoms with Gasteiger partial charge < -0.3 is 15.0 Å². The number of hydrogen-bond acceptors (Lipinski definition) is 3. The Hall–Kier alpha value is -1.22. The van der Waals surface area contributed by atoms with E-state index in [1.807, 2.05) is 0 Å². The summed E-state index contributed by atoms with van der Waals surface area (Å²) in [6, 6.07) is 9.80. The molecule has 0 unspecified atom stereocenters. The van der Waals surface area contributed by atoms with Gasteiger partial charge in [0.1, 0.15) is 5.75 Å². The minimum absolute atomic E-state index is 0.643. The van der Waals surface area contributed by atoms with Crippen LogP contribution in [0.15, 0.2) is 24.3 Å². The second-order valence-electron chi connectivity index (χ2n) is 5.51. The van der Waals surface area contributed by atoms with Crippen LogP contribution in [-0.2, 0) is 0 Å². The van der Waals surface area contributed by atoms with Gasteiger partial charge in [-0.05, 0) is 31.9 Å². The van der Waals surface area contributed by atoms with E-state index in [4.69, 9.17) is 4.74 Å². The molecule has 1 aromatic carbocycles. The first kappa shape index (κ1) is 12.8. The maximum Gasteiger partial charge on any atom is 0.142 e. The molecule has 0 amide bonds. The molecule has 1 N–H and O–H groups in total. The smallest absolute Gasteiger partial charge is 0.142 e. The van der Waals surface area contributed by atoms with E-state index in [-0.39, 0.29) is 0 Å². The van der Waals surface area contributed by atoms with Gasteiger partial charge in [0.25, 0.3) is 0 Å². The Morgan fingerprint density at radius 3 is 3.00 bits per heavy atom. The molecule has 2 aliphatic rings. The van der Waals surface area contributed by atoms with Crippen molar-refractivity contribution >= 4 is 5.69 Å². The van der Waals surface area contributed by atoms with E-state index in [0.717, 1.165) is 25.4 Å². The normalized spacial score (nSPS) is 26.9. The van der Waals surface area contributed by atoms with Gasteiger partial charge in [-0.25, -0.2) is 0 Å². The topological polar surface area (TPSA) is 24.5 Å². The van der Waals surface area contributed by atoms with Crippen LogP contribution in [0.5, 0.6) is 5.75 Å². The van der Waals surface area contributed by atoms with Gasteiger partial charge in [-0.2, -0.15) is 0 Å². The van der Waals surface area contributed by atoms with Crippen LogP contribution in [0, 0.1) is 0 Å². The summed E-state index contributed by atoms with van der Waals surface area (Å²) in [6.07, 6.45) is 5.35. The summed E-state index contributed by atoms with van der Waals surface area (Å²) in [5, 5.41) is 3.69. The lowest BCUT2D eigenvalue weighted by molar-refractivity contribution is 0.280. The third-order valence-corrected chi connectivity index (χ3v) is 4.36. The molecular formula is C16H24N2O. The second kappa shape index (κ2) is 5.83. The fraction of sp³-hybridized carbons (Fsp3) is 0.625. The monoisotopic (exact) mass is 260 g/mol. The van der Waals surface area contributed by atoms with Crippen molar-refractivity contribution in [2.24, 2.45) is 0 Å². The maximum atomic E-state index is 5.81. The highest BCUT2D eigenvalue weighted by Crippen LogP contribution is 2.35. The average Bonchev–Trinajstić information content (AvgIpc) is 2.48. The molecule has 3 heteroatoms. The van der Waals surface area contributed by atoms with Gasteiger partial charge in [-0.15, -0.1) is 0 Å². The van der Waals surface area contributed by atoms with Crippen molar-refractivity contribution in [3.05, 3.63) is 24.3 Å². The summed E-state index contributed by atoms with van der Waals surface area (Å²) < 4.78 is 5.81. The van der Waals surface area contributed by atoms with Crippen molar-refractivity contribution in [1.29, 1.82) is 0 Å². The Balaban J connectivity index is 1.87. The quantitative estimate of drug-likeness (QED) is 0.904. The van der Waals surface area contributed by atoms with Crippen molar-refractivity contribution in [1.82, 2.24) is 5.32 Å². The zero-order valence-corrected chi connectivity index (χ0v) is 11.8. The molecule has 2 fully saturated rings. The first-order valence-corrected chi connectivity index (χ1v) is 7.62. The Bertz CT molecular complexity index is 419. The van der Waals surface area contributed by atoms with E-state index in [2.05, 4.69) is 41.4 Å². The molecule has 1 heterocycles. The fourth-order valence-corrected chi connectivity index (χ4v) is 3.53. The Kier molecular flexibility index (Phi) is 3.92. The molecule has 19 heavy (non-hydrogen) atoms. The number of anilines is 1. The zero-order valence-electron chi connectivity index (χ0n) is 11.8. The largest absolute Gasteiger partial charge is 0.492 e. The predicted octanol–water partition coefficient (Wildman–Crippen LogP) is 2.81. The third kappa shape index (κ3) is 2.57. The summed E-state index contributed by atoms with van der Waals surface area (Å²) in [4.78, 5) is 2.57. The van der Waals surface area contributed by atoms with Gasteiger partial charge in [0.15, 0.2) is 0 Å². The van der Waals surface area contributed by atoms with Crippen LogP contribution in [0.3, 0.4) is 0 Å². The zero-order chi connectivity index (χ0) is 13.1. The van der Waals surface area contributed by atoms with Crippen molar-refractivity contribution in [2.75, 3.05) is 24.6 Å². The van der Waals surface area contributed by atoms with Gasteiger partial charge in [-0.3, -0.25) is 0 Å². The number of benzene rings is 1. The van der Waals surface area contributed by atoms with Crippen molar-refractivity contribution in [3.63, 3.8) is 0 Å². The lowest BCUT2D eigenvalue weighted by atomic mass is 9.87. The summed E-state index contributed by atoms with van der Waals surface area (Å²) in [5.74, 6) is 1.04. The fourth-order valence-electron chi connectivity index (χ4n) is 3.53. The molecule has 1 aromatic rings. The number of ether oxygens (including phenoxy) is 1. The number of hydrogen-bond donors (Lipinski definition) is 1. The van der Waals surface area contributed by atoms with E-state index in [9.17, 15) is 0 Å². The van der Waals surface area contributed by atoms with Gasteiger partial charge in [0.05, 0.1) is 12.3 Å². The molecule has 3 rings (SSSR count). The van der Waals surface area contributed by atoms with Crippen molar-refractivity contribution < 1.29 is 4.74 Å². The number of nitrogens with one attached hydrogen (secondary N) is 1. The second-order valence-corrected chi connectivity index (χ2v) is 5.51. The summed E-state index contributed by atoms with van der Waals surface area (Å²) in [5.41, 5.74) is 1.28. The highest BCUT2D eigenvalue weighted by Gasteiger charge is 2.34. The van der Waals surface area contributed by atoms with Gasteiger partial charge in [0.2, 0.25) is 0 Å². The Morgan fingerprint density at radius 2 is 2.11 bits per heavy atom. The van der Waals surface area contributed by atoms with E-state index in [0.29, 0.717) is 12.1 Å². The number of fused-ring (bicyclic) bond motifs is 1. The van der Waals surface area contributed by atoms with Crippen molar-refractivity contribution in [3.8, 4) is 5.75 Å². The third-order valence-electron chi connectivity index (χ3n) is 4.36. The molecule has 2 atom stereocenters. The number of piperazine rings is 1. The van der Waals surface area contributed by atoms with Gasteiger partial charge >= 0.3 is 0 Å². The minimum Gasteiger partial charge on any atom is -0.492 e. The summed E-state index contributed by atoms with van der Waals surface area (Å²) in [7, 11) is 0. The highest BCUT2D eigenvalue weighted by molar-refractivity contribution is 5.59. The molecule has 1 aliphatic carbocycles. The number of rotatable bonds is 3. The number of nitrogens with zero attached hydrogens (tertiary/aromatic N) is 1. The molecule has 0 spiro atoms. The predicted molar refractivity (Wildman–Crippen MR) is 79.0 cm³/mol. The van der Waals surface area contributed by atoms with Crippen LogP contribution < -0.4 is 15.0 Å². The molecular weight excluding hydrogens is 236 g/mol. The van der Waals surface area contributed by atoms with Crippen LogP contribution in [-0.4, -0.2) is 31.8 Å². The molecule has 0 radical (unpaired) electrons. The molecule has 0 aromatic heterocycles. The number of para-hydroxylation sites is 2. The van der Waals surface area contributed by atoms with Crippen LogP contribution in [0.2, 0.25) is 0 Å². The Labute approximate surface area is 115 Å². The molecule has 0 bridgehead atoms. The molecule has 1 saturated heterocycles. The van der Waals surface area contributed by atoms with Crippen LogP contribution in [0.1, 0.15) is 32.6 Å². The SMILES string of the molecule is CCOc1ccccc1N1CCN[C@H]2CCCC[C@H]21. The average molecular weight is 260 g/mol. The first-order valence-electron chi connectivity index (χ1n) is 7.62. The molecule has 1 aliphatic heterocycles. The summed E-state index contributed by atoms with van der Waals surface area (Å²) in [6.45, 7) is 4.96. The lowest BCUT2D eigenvalue weighted by Gasteiger charge is -2.46. The van der Waals surface area contributed by atoms with Crippen LogP contribution in [0.25, 0.3) is 0 Å². The van der Waals surface area contributed by atoms with Crippen LogP contribution in [0.4, 0.5) is 5.69 Å². The van der Waals surface area contributed by atoms with E-state index in [1.165, 1.54) is 31.4 Å². The highest BCUT2D eigenvalue weighted by atomic mass is 16.5. The molecule has 104 valence electrons. The summed E-state index contributed by atoms with van der Waals surface area (Å²) >= 11 is 0. The first-order chi connectivity index (χ1) is 9.40. The molecule has 3 nitrogen and oxygen atoms in total. The van der Waals surface area contributed by atoms with E-state index >= 15 is 0 Å². The molecule has 1 saturated carbocycles. The Morgan fingerprint density at radius 1 is 1.26 bits per heavy atom. The van der Waals surface area contributed by atoms with Gasteiger partial charge in [-0.1, -0.05) is 25.0 Å². The maximum absolute atomic E-state index is 5.81.